The van der Waals surface area contributed by atoms with Crippen LogP contribution in [-0.2, 0) is 30.6 Å². The monoisotopic (exact) mass is 851 g/mol. The molecule has 17 nitrogen and oxygen atoms in total. The van der Waals surface area contributed by atoms with E-state index in [1.165, 1.54) is 12.1 Å². The summed E-state index contributed by atoms with van der Waals surface area (Å²) in [6.07, 6.45) is 6.80. The highest BCUT2D eigenvalue weighted by molar-refractivity contribution is 7.90. The molecule has 4 saturated heterocycles. The quantitative estimate of drug-likeness (QED) is 0.231. The van der Waals surface area contributed by atoms with Crippen LogP contribution in [0.5, 0.6) is 0 Å². The third-order valence-electron chi connectivity index (χ3n) is 13.4. The van der Waals surface area contributed by atoms with Crippen LogP contribution in [0.25, 0.3) is 0 Å². The first kappa shape index (κ1) is 40.6. The molecular formula is C43H49N9O8S. The molecule has 61 heavy (non-hydrogen) atoms. The van der Waals surface area contributed by atoms with Gasteiger partial charge in [-0.1, -0.05) is 12.1 Å². The fraction of sp³-hybridized carbons (Fsp3) is 0.488. The van der Waals surface area contributed by atoms with Crippen LogP contribution in [0.15, 0.2) is 53.6 Å². The first-order valence-electron chi connectivity index (χ1n) is 21.0. The number of nitrogens with one attached hydrogen (secondary N) is 2. The molecule has 2 unspecified atom stereocenters. The van der Waals surface area contributed by atoms with Crippen LogP contribution in [0.4, 0.5) is 11.5 Å². The molecule has 0 radical (unpaired) electrons. The van der Waals surface area contributed by atoms with Gasteiger partial charge in [0.1, 0.15) is 17.6 Å². The summed E-state index contributed by atoms with van der Waals surface area (Å²) in [4.78, 5) is 93.5. The third kappa shape index (κ3) is 8.10. The topological polar surface area (TPSA) is 225 Å². The van der Waals surface area contributed by atoms with Crippen LogP contribution in [0.1, 0.15) is 81.0 Å². The molecule has 5 aliphatic heterocycles. The Morgan fingerprint density at radius 2 is 1.61 bits per heavy atom. The van der Waals surface area contributed by atoms with Gasteiger partial charge in [-0.25, -0.2) is 18.4 Å². The number of carbonyl (C=O) groups is 6. The van der Waals surface area contributed by atoms with Crippen molar-refractivity contribution >= 4 is 56.8 Å². The maximum atomic E-state index is 13.6. The van der Waals surface area contributed by atoms with Crippen molar-refractivity contribution in [3.05, 3.63) is 76.7 Å². The van der Waals surface area contributed by atoms with Gasteiger partial charge in [-0.3, -0.25) is 39.0 Å². The largest absolute Gasteiger partial charge is 0.371 e. The van der Waals surface area contributed by atoms with Gasteiger partial charge in [-0.15, -0.1) is 0 Å². The van der Waals surface area contributed by atoms with Crippen molar-refractivity contribution in [2.24, 2.45) is 29.4 Å². The molecule has 1 aliphatic carbocycles. The number of benzene rings is 2. The molecule has 1 aromatic heterocycles. The Morgan fingerprint density at radius 1 is 0.885 bits per heavy atom. The van der Waals surface area contributed by atoms with Crippen LogP contribution in [0.3, 0.4) is 0 Å². The summed E-state index contributed by atoms with van der Waals surface area (Å²) >= 11 is 0. The molecule has 0 bridgehead atoms. The number of aromatic nitrogens is 2. The molecule has 9 rings (SSSR count). The van der Waals surface area contributed by atoms with Crippen molar-refractivity contribution < 1.29 is 37.2 Å². The number of primary amides is 1. The minimum absolute atomic E-state index is 0.0177. The van der Waals surface area contributed by atoms with Crippen molar-refractivity contribution in [3.63, 3.8) is 0 Å². The van der Waals surface area contributed by atoms with Crippen LogP contribution < -0.4 is 26.2 Å². The zero-order valence-electron chi connectivity index (χ0n) is 33.9. The van der Waals surface area contributed by atoms with Crippen molar-refractivity contribution in [1.29, 1.82) is 0 Å². The number of rotatable bonds is 11. The second-order valence-electron chi connectivity index (χ2n) is 17.5. The molecule has 4 N–H and O–H groups in total. The van der Waals surface area contributed by atoms with Crippen LogP contribution in [-0.4, -0.2) is 128 Å². The number of carbonyl (C=O) groups excluding carboxylic acids is 6. The van der Waals surface area contributed by atoms with Gasteiger partial charge in [0.05, 0.1) is 27.9 Å². The molecule has 0 spiro atoms. The second-order valence-corrected chi connectivity index (χ2v) is 19.5. The van der Waals surface area contributed by atoms with E-state index < -0.39 is 45.4 Å². The predicted molar refractivity (Wildman–Crippen MR) is 221 cm³/mol. The SMILES string of the molecule is CS(=O)(=O)c1ccc(Cc2nc(N3CCC[C@@H](NC(=O)C4[C@H]5CN(CC6CCN(c7ccc8c(c7)C(=O)N(C7CCC(=O)NC7=O)C8=O)CC6)C[C@@H]45)C3)cnc2C(N)=O)cc1. The molecule has 6 heterocycles. The lowest BCUT2D eigenvalue weighted by Crippen LogP contribution is -2.54. The lowest BCUT2D eigenvalue weighted by Gasteiger charge is -2.36. The Labute approximate surface area is 353 Å². The highest BCUT2D eigenvalue weighted by Crippen LogP contribution is 2.52. The standard InChI is InChI=1S/C43H49N9O8S/c1-61(59,60)28-7-4-24(5-8-28)17-33-38(39(44)54)45-19-35(47-33)51-14-2-3-26(21-51)46-41(56)37-31-22-49(23-32(31)37)20-25-12-15-50(16-13-25)27-6-9-29-30(18-27)43(58)52(42(29)57)34-10-11-36(53)48-40(34)55/h4-9,18-19,25-26,31-32,34,37H,2-3,10-17,20-23H2,1H3,(H2,44,54)(H,46,56)(H,48,53,55)/t26-,31-,32+,34?,37?/m1/s1. The number of sulfone groups is 1. The van der Waals surface area contributed by atoms with Crippen LogP contribution in [0, 0.1) is 23.7 Å². The van der Waals surface area contributed by atoms with Crippen LogP contribution >= 0.6 is 0 Å². The number of amides is 6. The molecule has 320 valence electrons. The first-order chi connectivity index (χ1) is 29.2. The number of hydrogen-bond donors (Lipinski definition) is 3. The summed E-state index contributed by atoms with van der Waals surface area (Å²) in [6.45, 7) is 5.71. The van der Waals surface area contributed by atoms with E-state index >= 15 is 0 Å². The van der Waals surface area contributed by atoms with Gasteiger partial charge >= 0.3 is 0 Å². The molecule has 2 aromatic carbocycles. The number of imide groups is 2. The molecular weight excluding hydrogens is 803 g/mol. The van der Waals surface area contributed by atoms with Gasteiger partial charge in [-0.05, 0) is 85.8 Å². The zero-order chi connectivity index (χ0) is 42.7. The van der Waals surface area contributed by atoms with E-state index in [4.69, 9.17) is 10.7 Å². The van der Waals surface area contributed by atoms with Gasteiger partial charge < -0.3 is 25.8 Å². The number of anilines is 2. The van der Waals surface area contributed by atoms with Gasteiger partial charge in [-0.2, -0.15) is 0 Å². The zero-order valence-corrected chi connectivity index (χ0v) is 34.7. The average Bonchev–Trinajstić information content (AvgIpc) is 3.64. The molecule has 18 heteroatoms. The van der Waals surface area contributed by atoms with Crippen molar-refractivity contribution in [3.8, 4) is 0 Å². The number of nitrogens with two attached hydrogens (primary N) is 1. The maximum Gasteiger partial charge on any atom is 0.269 e. The van der Waals surface area contributed by atoms with E-state index in [1.54, 1.807) is 30.5 Å². The Kier molecular flexibility index (Phi) is 10.6. The Bertz CT molecular complexity index is 2430. The molecule has 3 aromatic rings. The van der Waals surface area contributed by atoms with Crippen molar-refractivity contribution in [1.82, 2.24) is 30.4 Å². The highest BCUT2D eigenvalue weighted by Gasteiger charge is 2.59. The fourth-order valence-electron chi connectivity index (χ4n) is 10.1. The molecule has 1 saturated carbocycles. The van der Waals surface area contributed by atoms with Crippen molar-refractivity contribution in [2.75, 3.05) is 61.9 Å². The number of likely N-dealkylation sites (tertiary alicyclic amines) is 1. The summed E-state index contributed by atoms with van der Waals surface area (Å²) in [5.74, 6) is -0.787. The van der Waals surface area contributed by atoms with Gasteiger partial charge in [0.25, 0.3) is 17.7 Å². The second kappa shape index (κ2) is 15.9. The Morgan fingerprint density at radius 3 is 2.30 bits per heavy atom. The average molecular weight is 852 g/mol. The summed E-state index contributed by atoms with van der Waals surface area (Å²) in [5, 5.41) is 5.56. The van der Waals surface area contributed by atoms with Gasteiger partial charge in [0, 0.05) is 82.6 Å². The van der Waals surface area contributed by atoms with E-state index in [0.29, 0.717) is 41.4 Å². The number of hydrogen-bond acceptors (Lipinski definition) is 13. The van der Waals surface area contributed by atoms with Crippen molar-refractivity contribution in [2.45, 2.75) is 61.9 Å². The lowest BCUT2D eigenvalue weighted by atomic mass is 9.95. The van der Waals surface area contributed by atoms with Gasteiger partial charge in [0.15, 0.2) is 9.84 Å². The first-order valence-corrected chi connectivity index (χ1v) is 22.9. The van der Waals surface area contributed by atoms with E-state index in [0.717, 1.165) is 87.4 Å². The molecule has 6 amide bonds. The summed E-state index contributed by atoms with van der Waals surface area (Å²) in [5.41, 5.74) is 8.31. The van der Waals surface area contributed by atoms with Crippen LogP contribution in [0.2, 0.25) is 0 Å². The Hall–Kier alpha value is -5.75. The van der Waals surface area contributed by atoms with Gasteiger partial charge in [0.2, 0.25) is 17.7 Å². The minimum atomic E-state index is -3.35. The number of piperidine rings is 4. The molecule has 5 atom stereocenters. The summed E-state index contributed by atoms with van der Waals surface area (Å²) < 4.78 is 23.8. The van der Waals surface area contributed by atoms with E-state index in [2.05, 4.69) is 30.3 Å². The Balaban J connectivity index is 0.738. The predicted octanol–water partition coefficient (Wildman–Crippen LogP) is 1.15. The summed E-state index contributed by atoms with van der Waals surface area (Å²) in [7, 11) is -3.35. The molecule has 5 fully saturated rings. The number of nitrogens with zero attached hydrogens (tertiary/aromatic N) is 6. The highest BCUT2D eigenvalue weighted by atomic mass is 32.2. The third-order valence-corrected chi connectivity index (χ3v) is 14.5. The molecule has 6 aliphatic rings. The maximum absolute atomic E-state index is 13.6. The van der Waals surface area contributed by atoms with E-state index in [9.17, 15) is 37.2 Å². The lowest BCUT2D eigenvalue weighted by molar-refractivity contribution is -0.136. The van der Waals surface area contributed by atoms with E-state index in [1.807, 2.05) is 6.07 Å². The number of fused-ring (bicyclic) bond motifs is 2. The summed E-state index contributed by atoms with van der Waals surface area (Å²) in [6, 6.07) is 10.7. The fourth-order valence-corrected chi connectivity index (χ4v) is 10.7. The normalized spacial score (nSPS) is 25.7. The smallest absolute Gasteiger partial charge is 0.269 e. The van der Waals surface area contributed by atoms with E-state index in [-0.39, 0.29) is 53.3 Å². The minimum Gasteiger partial charge on any atom is -0.371 e.